The van der Waals surface area contributed by atoms with Gasteiger partial charge >= 0.3 is 0 Å². The molecule has 2 rings (SSSR count). The molecule has 1 N–H and O–H groups in total. The summed E-state index contributed by atoms with van der Waals surface area (Å²) in [5.74, 6) is 0.250. The molecule has 0 atom stereocenters. The summed E-state index contributed by atoms with van der Waals surface area (Å²) in [6.07, 6.45) is 0. The molecule has 1 aromatic heterocycles. The number of benzene rings is 1. The van der Waals surface area contributed by atoms with E-state index in [1.54, 1.807) is 4.68 Å². The lowest BCUT2D eigenvalue weighted by atomic mass is 10.1. The lowest BCUT2D eigenvalue weighted by Gasteiger charge is -1.97. The Kier molecular flexibility index (Phi) is 2.52. The van der Waals surface area contributed by atoms with Crippen molar-refractivity contribution in [3.8, 4) is 17.0 Å². The fraction of sp³-hybridized carbons (Fsp3) is 0.182. The van der Waals surface area contributed by atoms with Crippen LogP contribution in [-0.4, -0.2) is 14.9 Å². The van der Waals surface area contributed by atoms with Crippen molar-refractivity contribution in [2.45, 2.75) is 6.92 Å². The summed E-state index contributed by atoms with van der Waals surface area (Å²) in [5.41, 5.74) is 2.31. The Hall–Kier alpha value is -1.29. The molecule has 2 aromatic rings. The first-order chi connectivity index (χ1) is 7.09. The number of hydrogen-bond donors (Lipinski definition) is 1. The van der Waals surface area contributed by atoms with E-state index in [0.717, 1.165) is 15.7 Å². The molecule has 0 unspecified atom stereocenters. The summed E-state index contributed by atoms with van der Waals surface area (Å²) >= 11 is 3.37. The van der Waals surface area contributed by atoms with Gasteiger partial charge in [0.25, 0.3) is 0 Å². The van der Waals surface area contributed by atoms with Crippen LogP contribution in [0.3, 0.4) is 0 Å². The number of hydrogen-bond acceptors (Lipinski definition) is 2. The van der Waals surface area contributed by atoms with E-state index < -0.39 is 0 Å². The van der Waals surface area contributed by atoms with E-state index in [0.29, 0.717) is 5.69 Å². The highest BCUT2D eigenvalue weighted by Gasteiger charge is 2.12. The van der Waals surface area contributed by atoms with Crippen molar-refractivity contribution in [2.75, 3.05) is 0 Å². The van der Waals surface area contributed by atoms with Gasteiger partial charge in [-0.2, -0.15) is 5.10 Å². The van der Waals surface area contributed by atoms with Crippen molar-refractivity contribution < 1.29 is 5.11 Å². The van der Waals surface area contributed by atoms with Crippen LogP contribution in [0, 0.1) is 6.92 Å². The Labute approximate surface area is 96.5 Å². The number of aromatic nitrogens is 2. The minimum absolute atomic E-state index is 0.250. The molecule has 1 aromatic carbocycles. The van der Waals surface area contributed by atoms with E-state index in [9.17, 15) is 5.11 Å². The molecule has 0 aliphatic carbocycles. The van der Waals surface area contributed by atoms with Crippen LogP contribution in [0.2, 0.25) is 0 Å². The third-order valence-electron chi connectivity index (χ3n) is 2.42. The summed E-state index contributed by atoms with van der Waals surface area (Å²) < 4.78 is 2.69. The number of nitrogens with zero attached hydrogens (tertiary/aromatic N) is 2. The molecule has 15 heavy (non-hydrogen) atoms. The van der Waals surface area contributed by atoms with Crippen LogP contribution in [0.15, 0.2) is 28.7 Å². The van der Waals surface area contributed by atoms with Gasteiger partial charge in [0.2, 0.25) is 0 Å². The van der Waals surface area contributed by atoms with E-state index in [-0.39, 0.29) is 5.75 Å². The first kappa shape index (κ1) is 10.2. The largest absolute Gasteiger partial charge is 0.504 e. The number of aromatic hydroxyl groups is 1. The molecule has 0 aliphatic heterocycles. The standard InChI is InChI=1S/C11H11BrN2O/c1-7-11(15)10(13-14(7)2)8-3-5-9(12)6-4-8/h3-6,15H,1-2H3. The third kappa shape index (κ3) is 1.77. The number of aryl methyl sites for hydroxylation is 1. The van der Waals surface area contributed by atoms with Crippen molar-refractivity contribution in [3.63, 3.8) is 0 Å². The fourth-order valence-corrected chi connectivity index (χ4v) is 1.66. The van der Waals surface area contributed by atoms with Gasteiger partial charge in [-0.1, -0.05) is 28.1 Å². The van der Waals surface area contributed by atoms with Crippen LogP contribution >= 0.6 is 15.9 Å². The first-order valence-corrected chi connectivity index (χ1v) is 5.37. The molecule has 0 saturated carbocycles. The van der Waals surface area contributed by atoms with Crippen LogP contribution in [-0.2, 0) is 7.05 Å². The van der Waals surface area contributed by atoms with Crippen molar-refractivity contribution in [1.29, 1.82) is 0 Å². The normalized spacial score (nSPS) is 10.6. The monoisotopic (exact) mass is 266 g/mol. The average molecular weight is 267 g/mol. The molecule has 4 heteroatoms. The Morgan fingerprint density at radius 3 is 2.33 bits per heavy atom. The van der Waals surface area contributed by atoms with E-state index in [1.807, 2.05) is 38.2 Å². The van der Waals surface area contributed by atoms with Gasteiger partial charge in [-0.3, -0.25) is 4.68 Å². The zero-order valence-electron chi connectivity index (χ0n) is 8.53. The molecule has 0 spiro atoms. The fourth-order valence-electron chi connectivity index (χ4n) is 1.40. The number of halogens is 1. The van der Waals surface area contributed by atoms with Crippen molar-refractivity contribution >= 4 is 15.9 Å². The van der Waals surface area contributed by atoms with Gasteiger partial charge in [0.15, 0.2) is 5.75 Å². The van der Waals surface area contributed by atoms with Crippen molar-refractivity contribution in [2.24, 2.45) is 7.05 Å². The SMILES string of the molecule is Cc1c(O)c(-c2ccc(Br)cc2)nn1C. The maximum Gasteiger partial charge on any atom is 0.164 e. The van der Waals surface area contributed by atoms with E-state index >= 15 is 0 Å². The van der Waals surface area contributed by atoms with Crippen LogP contribution in [0.5, 0.6) is 5.75 Å². The molecule has 0 amide bonds. The van der Waals surface area contributed by atoms with Gasteiger partial charge in [0.05, 0.1) is 5.69 Å². The van der Waals surface area contributed by atoms with Crippen LogP contribution in [0.25, 0.3) is 11.3 Å². The predicted molar refractivity (Wildman–Crippen MR) is 62.7 cm³/mol. The minimum Gasteiger partial charge on any atom is -0.504 e. The zero-order chi connectivity index (χ0) is 11.0. The highest BCUT2D eigenvalue weighted by Crippen LogP contribution is 2.30. The van der Waals surface area contributed by atoms with E-state index in [1.165, 1.54) is 0 Å². The smallest absolute Gasteiger partial charge is 0.164 e. The highest BCUT2D eigenvalue weighted by atomic mass is 79.9. The molecule has 0 bridgehead atoms. The number of rotatable bonds is 1. The molecule has 0 radical (unpaired) electrons. The first-order valence-electron chi connectivity index (χ1n) is 4.58. The van der Waals surface area contributed by atoms with Gasteiger partial charge in [-0.25, -0.2) is 0 Å². The van der Waals surface area contributed by atoms with Gasteiger partial charge in [0.1, 0.15) is 5.69 Å². The predicted octanol–water partition coefficient (Wildman–Crippen LogP) is 2.86. The van der Waals surface area contributed by atoms with Crippen molar-refractivity contribution in [1.82, 2.24) is 9.78 Å². The maximum absolute atomic E-state index is 9.85. The molecule has 0 fully saturated rings. The lowest BCUT2D eigenvalue weighted by molar-refractivity contribution is 0.471. The Bertz CT molecular complexity index is 488. The summed E-state index contributed by atoms with van der Waals surface area (Å²) in [4.78, 5) is 0. The van der Waals surface area contributed by atoms with Gasteiger partial charge < -0.3 is 5.11 Å². The second-order valence-corrected chi connectivity index (χ2v) is 4.33. The molecule has 0 aliphatic rings. The van der Waals surface area contributed by atoms with Crippen molar-refractivity contribution in [3.05, 3.63) is 34.4 Å². The average Bonchev–Trinajstić information content (AvgIpc) is 2.47. The second-order valence-electron chi connectivity index (χ2n) is 3.41. The maximum atomic E-state index is 9.85. The van der Waals surface area contributed by atoms with Crippen LogP contribution in [0.1, 0.15) is 5.69 Å². The molecular weight excluding hydrogens is 256 g/mol. The van der Waals surface area contributed by atoms with Crippen LogP contribution in [0.4, 0.5) is 0 Å². The summed E-state index contributed by atoms with van der Waals surface area (Å²) in [6, 6.07) is 7.70. The molecule has 78 valence electrons. The van der Waals surface area contributed by atoms with Crippen LogP contribution < -0.4 is 0 Å². The quantitative estimate of drug-likeness (QED) is 0.862. The Morgan fingerprint density at radius 2 is 1.87 bits per heavy atom. The Balaban J connectivity index is 2.54. The highest BCUT2D eigenvalue weighted by molar-refractivity contribution is 9.10. The van der Waals surface area contributed by atoms with E-state index in [4.69, 9.17) is 0 Å². The lowest BCUT2D eigenvalue weighted by Crippen LogP contribution is -1.92. The molecular formula is C11H11BrN2O. The Morgan fingerprint density at radius 1 is 1.27 bits per heavy atom. The minimum atomic E-state index is 0.250. The summed E-state index contributed by atoms with van der Waals surface area (Å²) in [5, 5.41) is 14.1. The zero-order valence-corrected chi connectivity index (χ0v) is 10.1. The summed E-state index contributed by atoms with van der Waals surface area (Å²) in [7, 11) is 1.82. The van der Waals surface area contributed by atoms with E-state index in [2.05, 4.69) is 21.0 Å². The molecule has 0 saturated heterocycles. The van der Waals surface area contributed by atoms with Gasteiger partial charge in [-0.15, -0.1) is 0 Å². The molecule has 3 nitrogen and oxygen atoms in total. The van der Waals surface area contributed by atoms with Gasteiger partial charge in [-0.05, 0) is 19.1 Å². The summed E-state index contributed by atoms with van der Waals surface area (Å²) in [6.45, 7) is 1.84. The molecule has 1 heterocycles. The second kappa shape index (κ2) is 3.70. The van der Waals surface area contributed by atoms with Gasteiger partial charge in [0, 0.05) is 17.1 Å². The third-order valence-corrected chi connectivity index (χ3v) is 2.95. The topological polar surface area (TPSA) is 38.1 Å².